The van der Waals surface area contributed by atoms with Crippen LogP contribution in [0.1, 0.15) is 66.0 Å². The molecule has 3 N–H and O–H groups in total. The molecule has 8 nitrogen and oxygen atoms in total. The molecular formula is C33H35Cl2N3O5. The molecular weight excluding hydrogens is 589 g/mol. The first-order chi connectivity index (χ1) is 20.8. The van der Waals surface area contributed by atoms with Gasteiger partial charge in [-0.15, -0.1) is 0 Å². The van der Waals surface area contributed by atoms with Gasteiger partial charge in [-0.1, -0.05) is 54.7 Å². The molecule has 0 bridgehead atoms. The number of hydrogen-bond acceptors (Lipinski definition) is 5. The summed E-state index contributed by atoms with van der Waals surface area (Å²) in [5.41, 5.74) is 3.16. The van der Waals surface area contributed by atoms with Crippen LogP contribution in [0, 0.1) is 0 Å². The van der Waals surface area contributed by atoms with Crippen LogP contribution < -0.4 is 14.8 Å². The Kier molecular flexibility index (Phi) is 11.5. The van der Waals surface area contributed by atoms with Crippen LogP contribution in [-0.4, -0.2) is 40.7 Å². The summed E-state index contributed by atoms with van der Waals surface area (Å²) >= 11 is 12.6. The van der Waals surface area contributed by atoms with E-state index in [1.54, 1.807) is 49.7 Å². The van der Waals surface area contributed by atoms with E-state index in [9.17, 15) is 14.7 Å². The lowest BCUT2D eigenvalue weighted by Gasteiger charge is -2.20. The zero-order chi connectivity index (χ0) is 30.8. The van der Waals surface area contributed by atoms with Crippen LogP contribution in [-0.2, 0) is 17.6 Å². The Morgan fingerprint density at radius 1 is 1.05 bits per heavy atom. The van der Waals surface area contributed by atoms with E-state index in [-0.39, 0.29) is 17.9 Å². The van der Waals surface area contributed by atoms with Gasteiger partial charge >= 0.3 is 5.97 Å². The largest absolute Gasteiger partial charge is 0.497 e. The first-order valence-electron chi connectivity index (χ1n) is 14.2. The second-order valence-corrected chi connectivity index (χ2v) is 11.0. The number of unbranched alkanes of at least 4 members (excludes halogenated alkanes) is 1. The third kappa shape index (κ3) is 8.99. The number of carbonyl (C=O) groups is 2. The highest BCUT2D eigenvalue weighted by Gasteiger charge is 2.21. The van der Waals surface area contributed by atoms with Crippen molar-refractivity contribution in [3.63, 3.8) is 0 Å². The molecule has 1 unspecified atom stereocenters. The molecule has 4 rings (SSSR count). The molecule has 0 fully saturated rings. The second-order valence-electron chi connectivity index (χ2n) is 10.2. The Morgan fingerprint density at radius 2 is 1.84 bits per heavy atom. The first-order valence-corrected chi connectivity index (χ1v) is 14.9. The summed E-state index contributed by atoms with van der Waals surface area (Å²) in [6.45, 7) is 2.46. The van der Waals surface area contributed by atoms with E-state index in [0.29, 0.717) is 57.9 Å². The first kappa shape index (κ1) is 31.9. The Hall–Kier alpha value is -4.01. The zero-order valence-corrected chi connectivity index (χ0v) is 25.7. The number of aromatic amines is 1. The van der Waals surface area contributed by atoms with Crippen molar-refractivity contribution in [1.82, 2.24) is 15.3 Å². The highest BCUT2D eigenvalue weighted by atomic mass is 35.5. The average Bonchev–Trinajstić information content (AvgIpc) is 3.47. The van der Waals surface area contributed by atoms with Gasteiger partial charge in [0.25, 0.3) is 0 Å². The summed E-state index contributed by atoms with van der Waals surface area (Å²) in [7, 11) is 1.62. The van der Waals surface area contributed by atoms with Crippen molar-refractivity contribution in [1.29, 1.82) is 0 Å². The number of ether oxygens (including phenoxy) is 2. The lowest BCUT2D eigenvalue weighted by atomic mass is 9.99. The molecule has 0 aliphatic rings. The van der Waals surface area contributed by atoms with Gasteiger partial charge in [-0.2, -0.15) is 0 Å². The average molecular weight is 625 g/mol. The van der Waals surface area contributed by atoms with Gasteiger partial charge in [-0.3, -0.25) is 4.79 Å². The molecule has 0 saturated carbocycles. The molecule has 3 aromatic carbocycles. The summed E-state index contributed by atoms with van der Waals surface area (Å²) in [6.07, 6.45) is 5.37. The number of nitrogens with zero attached hydrogens (tertiary/aromatic N) is 1. The highest BCUT2D eigenvalue weighted by molar-refractivity contribution is 6.35. The summed E-state index contributed by atoms with van der Waals surface area (Å²) in [5, 5.41) is 14.1. The smallest absolute Gasteiger partial charge is 0.339 e. The molecule has 226 valence electrons. The molecule has 1 amide bonds. The monoisotopic (exact) mass is 623 g/mol. The van der Waals surface area contributed by atoms with E-state index >= 15 is 0 Å². The summed E-state index contributed by atoms with van der Waals surface area (Å²) < 4.78 is 10.9. The van der Waals surface area contributed by atoms with Gasteiger partial charge in [0.05, 0.1) is 36.7 Å². The van der Waals surface area contributed by atoms with Crippen molar-refractivity contribution in [3.8, 4) is 22.8 Å². The number of carboxylic acid groups (broad SMARTS) is 1. The third-order valence-corrected chi connectivity index (χ3v) is 7.56. The standard InChI is InChI=1S/C33H35Cl2N3O5/c1-3-4-16-43-30-15-10-22(17-26(30)33(40)41)28(38-32(39)7-5-6-21-8-12-24(42-2)13-9-21)19-31-36-20-29(37-31)25-18-23(34)11-14-27(25)35/h8-15,17-18,20,28H,3-7,16,19H2,1-2H3,(H,36,37)(H,38,39)(H,40,41). The molecule has 4 aromatic rings. The van der Waals surface area contributed by atoms with Crippen LogP contribution in [0.25, 0.3) is 11.3 Å². The predicted octanol–water partition coefficient (Wildman–Crippen LogP) is 7.69. The van der Waals surface area contributed by atoms with Gasteiger partial charge in [0.15, 0.2) is 0 Å². The normalized spacial score (nSPS) is 11.6. The maximum absolute atomic E-state index is 13.1. The minimum atomic E-state index is -1.10. The number of nitrogens with one attached hydrogen (secondary N) is 2. The number of carboxylic acids is 1. The fourth-order valence-corrected chi connectivity index (χ4v) is 5.04. The molecule has 0 aliphatic carbocycles. The van der Waals surface area contributed by atoms with E-state index in [0.717, 1.165) is 30.6 Å². The van der Waals surface area contributed by atoms with Crippen molar-refractivity contribution in [3.05, 3.63) is 99.4 Å². The number of imidazole rings is 1. The number of aromatic carboxylic acids is 1. The molecule has 0 spiro atoms. The van der Waals surface area contributed by atoms with Crippen molar-refractivity contribution >= 4 is 35.1 Å². The summed E-state index contributed by atoms with van der Waals surface area (Å²) in [5.74, 6) is 0.419. The molecule has 1 heterocycles. The topological polar surface area (TPSA) is 114 Å². The van der Waals surface area contributed by atoms with E-state index in [1.165, 1.54) is 0 Å². The van der Waals surface area contributed by atoms with Gasteiger partial charge in [0.2, 0.25) is 5.91 Å². The van der Waals surface area contributed by atoms with Crippen molar-refractivity contribution in [2.24, 2.45) is 0 Å². The number of rotatable bonds is 15. The number of halogens is 2. The maximum atomic E-state index is 13.1. The molecule has 10 heteroatoms. The van der Waals surface area contributed by atoms with Crippen LogP contribution in [0.3, 0.4) is 0 Å². The number of H-pyrrole nitrogens is 1. The summed E-state index contributed by atoms with van der Waals surface area (Å²) in [6, 6.07) is 17.4. The number of aromatic nitrogens is 2. The van der Waals surface area contributed by atoms with Crippen LogP contribution in [0.5, 0.6) is 11.5 Å². The van der Waals surface area contributed by atoms with Crippen molar-refractivity contribution < 1.29 is 24.2 Å². The zero-order valence-electron chi connectivity index (χ0n) is 24.2. The SMILES string of the molecule is CCCCOc1ccc(C(Cc2ncc(-c3cc(Cl)ccc3Cl)[nH]2)NC(=O)CCCc2ccc(OC)cc2)cc1C(=O)O. The Morgan fingerprint density at radius 3 is 2.56 bits per heavy atom. The van der Waals surface area contributed by atoms with Gasteiger partial charge in [-0.05, 0) is 72.9 Å². The third-order valence-electron chi connectivity index (χ3n) is 7.00. The van der Waals surface area contributed by atoms with Crippen molar-refractivity contribution in [2.75, 3.05) is 13.7 Å². The minimum absolute atomic E-state index is 0.0400. The Labute approximate surface area is 261 Å². The summed E-state index contributed by atoms with van der Waals surface area (Å²) in [4.78, 5) is 33.1. The lowest BCUT2D eigenvalue weighted by Crippen LogP contribution is -2.30. The Bertz CT molecular complexity index is 1540. The highest BCUT2D eigenvalue weighted by Crippen LogP contribution is 2.31. The van der Waals surface area contributed by atoms with Gasteiger partial charge in [0, 0.05) is 23.4 Å². The van der Waals surface area contributed by atoms with E-state index in [1.807, 2.05) is 31.2 Å². The number of hydrogen-bond donors (Lipinski definition) is 3. The minimum Gasteiger partial charge on any atom is -0.497 e. The van der Waals surface area contributed by atoms with E-state index in [4.69, 9.17) is 32.7 Å². The van der Waals surface area contributed by atoms with Crippen LogP contribution in [0.4, 0.5) is 0 Å². The van der Waals surface area contributed by atoms with Gasteiger partial charge in [-0.25, -0.2) is 9.78 Å². The number of carbonyl (C=O) groups excluding carboxylic acids is 1. The predicted molar refractivity (Wildman–Crippen MR) is 168 cm³/mol. The number of amides is 1. The molecule has 0 radical (unpaired) electrons. The van der Waals surface area contributed by atoms with Gasteiger partial charge in [0.1, 0.15) is 22.9 Å². The quantitative estimate of drug-likeness (QED) is 0.117. The molecule has 0 aliphatic heterocycles. The molecule has 1 atom stereocenters. The molecule has 0 saturated heterocycles. The van der Waals surface area contributed by atoms with Crippen molar-refractivity contribution in [2.45, 2.75) is 51.5 Å². The maximum Gasteiger partial charge on any atom is 0.339 e. The number of aryl methyl sites for hydroxylation is 1. The van der Waals surface area contributed by atoms with Gasteiger partial charge < -0.3 is 24.9 Å². The van der Waals surface area contributed by atoms with Crippen LogP contribution in [0.15, 0.2) is 66.9 Å². The van der Waals surface area contributed by atoms with E-state index in [2.05, 4.69) is 15.3 Å². The fourth-order valence-electron chi connectivity index (χ4n) is 4.65. The number of methoxy groups -OCH3 is 1. The molecule has 43 heavy (non-hydrogen) atoms. The Balaban J connectivity index is 1.54. The van der Waals surface area contributed by atoms with Crippen LogP contribution >= 0.6 is 23.2 Å². The van der Waals surface area contributed by atoms with Crippen LogP contribution in [0.2, 0.25) is 10.0 Å². The van der Waals surface area contributed by atoms with E-state index < -0.39 is 12.0 Å². The number of benzene rings is 3. The second kappa shape index (κ2) is 15.5. The molecule has 1 aromatic heterocycles. The lowest BCUT2D eigenvalue weighted by molar-refractivity contribution is -0.121. The fraction of sp³-hybridized carbons (Fsp3) is 0.303.